The van der Waals surface area contributed by atoms with Crippen LogP contribution in [0.5, 0.6) is 0 Å². The van der Waals surface area contributed by atoms with Crippen molar-refractivity contribution >= 4 is 6.72 Å². The van der Waals surface area contributed by atoms with Crippen LogP contribution in [-0.2, 0) is 0 Å². The lowest BCUT2D eigenvalue weighted by Crippen LogP contribution is -2.05. The fourth-order valence-electron chi connectivity index (χ4n) is 0.224. The summed E-state index contributed by atoms with van der Waals surface area (Å²) in [4.78, 5) is 0. The summed E-state index contributed by atoms with van der Waals surface area (Å²) in [5, 5.41) is 0. The second kappa shape index (κ2) is 2.88. The van der Waals surface area contributed by atoms with Crippen LogP contribution in [0, 0.1) is 0 Å². The molecule has 0 saturated carbocycles. The monoisotopic (exact) mass is 85.1 g/mol. The molecule has 0 aliphatic carbocycles. The Morgan fingerprint density at radius 3 is 1.67 bits per heavy atom. The smallest absolute Gasteiger partial charge is 0.108 e. The minimum Gasteiger partial charge on any atom is -0.417 e. The molecule has 0 aliphatic rings. The first-order valence-electron chi connectivity index (χ1n) is 2.30. The Hall–Kier alpha value is -0.330. The third-order valence-electron chi connectivity index (χ3n) is 0.812. The zero-order valence-corrected chi connectivity index (χ0v) is 4.44. The number of hydrogen-bond donors (Lipinski definition) is 0. The van der Waals surface area contributed by atoms with Crippen LogP contribution >= 0.6 is 0 Å². The molecule has 0 saturated heterocycles. The van der Waals surface area contributed by atoms with Crippen LogP contribution in [-0.4, -0.2) is 24.4 Å². The number of nitrogens with zero attached hydrogens (tertiary/aromatic N) is 1. The molecule has 1 nitrogen and oxygen atoms in total. The van der Waals surface area contributed by atoms with Gasteiger partial charge in [0.25, 0.3) is 0 Å². The van der Waals surface area contributed by atoms with E-state index in [0.717, 1.165) is 13.1 Å². The third kappa shape index (κ3) is 1.94. The van der Waals surface area contributed by atoms with Gasteiger partial charge in [-0.05, 0) is 13.8 Å². The van der Waals surface area contributed by atoms with Crippen LogP contribution in [0.2, 0.25) is 0 Å². The van der Waals surface area contributed by atoms with Crippen LogP contribution < -0.4 is 0 Å². The minimum absolute atomic E-state index is 0.941. The van der Waals surface area contributed by atoms with Crippen LogP contribution in [0.25, 0.3) is 0 Å². The van der Waals surface area contributed by atoms with E-state index in [1.165, 1.54) is 0 Å². The molecule has 1 heteroatoms. The van der Waals surface area contributed by atoms with E-state index >= 15 is 0 Å². The Morgan fingerprint density at radius 1 is 1.33 bits per heavy atom. The van der Waals surface area contributed by atoms with Crippen LogP contribution in [0.3, 0.4) is 0 Å². The summed E-state index contributed by atoms with van der Waals surface area (Å²) in [7, 11) is 0. The van der Waals surface area contributed by atoms with Crippen LogP contribution in [0.15, 0.2) is 0 Å². The fourth-order valence-corrected chi connectivity index (χ4v) is 0.224. The molecule has 0 aliphatic heterocycles. The first kappa shape index (κ1) is 5.67. The Balaban J connectivity index is 2.99. The molecule has 0 radical (unpaired) electrons. The van der Waals surface area contributed by atoms with E-state index in [0.29, 0.717) is 0 Å². The first-order chi connectivity index (χ1) is 2.81. The Kier molecular flexibility index (Phi) is 2.73. The maximum atomic E-state index is 5.31. The second-order valence-electron chi connectivity index (χ2n) is 1.22. The highest BCUT2D eigenvalue weighted by atomic mass is 14.9. The fraction of sp³-hybridized carbons (Fsp3) is 0.800. The summed E-state index contributed by atoms with van der Waals surface area (Å²) < 4.78 is 1.75. The van der Waals surface area contributed by atoms with Gasteiger partial charge in [0.2, 0.25) is 0 Å². The summed E-state index contributed by atoms with van der Waals surface area (Å²) in [6.07, 6.45) is 0. The molecule has 0 heterocycles. The maximum Gasteiger partial charge on any atom is 0.108 e. The van der Waals surface area contributed by atoms with Crippen molar-refractivity contribution in [2.24, 2.45) is 0 Å². The molecule has 0 unspecified atom stereocenters. The van der Waals surface area contributed by atoms with Gasteiger partial charge in [0, 0.05) is 0 Å². The van der Waals surface area contributed by atoms with Gasteiger partial charge in [0.15, 0.2) is 0 Å². The van der Waals surface area contributed by atoms with Crippen molar-refractivity contribution in [1.82, 2.24) is 0 Å². The minimum atomic E-state index is 0.941. The quantitative estimate of drug-likeness (QED) is 0.262. The summed E-state index contributed by atoms with van der Waals surface area (Å²) in [5.41, 5.74) is 0. The predicted octanol–water partition coefficient (Wildman–Crippen LogP) is 0.616. The highest BCUT2D eigenvalue weighted by Gasteiger charge is 1.74. The molecular weight excluding hydrogens is 74.1 g/mol. The predicted molar refractivity (Wildman–Crippen MR) is 27.4 cm³/mol. The van der Waals surface area contributed by atoms with E-state index in [2.05, 4.69) is 0 Å². The summed E-state index contributed by atoms with van der Waals surface area (Å²) in [6, 6.07) is 0. The van der Waals surface area contributed by atoms with Crippen molar-refractivity contribution in [2.45, 2.75) is 13.8 Å². The standard InChI is InChI=1S/C5H11N/c1-4-6(3)5-2/h3H,4-5H2,1-2H3. The van der Waals surface area contributed by atoms with Crippen molar-refractivity contribution in [1.29, 1.82) is 0 Å². The molecule has 0 fully saturated rings. The average Bonchev–Trinajstić information content (AvgIpc) is 1.65. The van der Waals surface area contributed by atoms with Gasteiger partial charge in [0.05, 0.1) is 0 Å². The normalized spacial score (nSPS) is 8.33. The van der Waals surface area contributed by atoms with Gasteiger partial charge in [0.1, 0.15) is 13.1 Å². The topological polar surface area (TPSA) is 3.01 Å². The van der Waals surface area contributed by atoms with Gasteiger partial charge in [-0.25, -0.2) is 6.72 Å². The van der Waals surface area contributed by atoms with E-state index in [4.69, 9.17) is 6.72 Å². The summed E-state index contributed by atoms with van der Waals surface area (Å²) >= 11 is 0. The third-order valence-corrected chi connectivity index (χ3v) is 0.812. The SMILES string of the molecule is [CH-]=[N+](CC)CC. The highest BCUT2D eigenvalue weighted by Crippen LogP contribution is 1.64. The summed E-state index contributed by atoms with van der Waals surface area (Å²) in [5.74, 6) is 0. The van der Waals surface area contributed by atoms with Gasteiger partial charge in [-0.1, -0.05) is 0 Å². The van der Waals surface area contributed by atoms with Gasteiger partial charge in [-0.2, -0.15) is 0 Å². The summed E-state index contributed by atoms with van der Waals surface area (Å²) in [6.45, 7) is 11.2. The van der Waals surface area contributed by atoms with Crippen LogP contribution in [0.4, 0.5) is 0 Å². The Morgan fingerprint density at radius 2 is 1.67 bits per heavy atom. The molecule has 36 valence electrons. The Labute approximate surface area is 39.3 Å². The lowest BCUT2D eigenvalue weighted by Gasteiger charge is -1.97. The molecule has 6 heavy (non-hydrogen) atoms. The molecule has 0 bridgehead atoms. The van der Waals surface area contributed by atoms with Crippen molar-refractivity contribution in [3.63, 3.8) is 0 Å². The Bertz CT molecular complexity index is 41.9. The molecule has 0 amide bonds. The van der Waals surface area contributed by atoms with E-state index in [1.54, 1.807) is 4.58 Å². The van der Waals surface area contributed by atoms with Crippen molar-refractivity contribution < 1.29 is 4.58 Å². The van der Waals surface area contributed by atoms with Crippen molar-refractivity contribution in [2.75, 3.05) is 13.1 Å². The van der Waals surface area contributed by atoms with Gasteiger partial charge in [-0.15, -0.1) is 0 Å². The van der Waals surface area contributed by atoms with Gasteiger partial charge < -0.3 is 4.58 Å². The molecule has 0 spiro atoms. The molecule has 0 atom stereocenters. The molecule has 0 N–H and O–H groups in total. The van der Waals surface area contributed by atoms with Crippen LogP contribution in [0.1, 0.15) is 13.8 Å². The van der Waals surface area contributed by atoms with E-state index < -0.39 is 0 Å². The van der Waals surface area contributed by atoms with Gasteiger partial charge in [-0.3, -0.25) is 0 Å². The van der Waals surface area contributed by atoms with Gasteiger partial charge >= 0.3 is 0 Å². The zero-order chi connectivity index (χ0) is 4.99. The largest absolute Gasteiger partial charge is 0.417 e. The maximum absolute atomic E-state index is 5.31. The molecule has 0 aromatic rings. The van der Waals surface area contributed by atoms with E-state index in [9.17, 15) is 0 Å². The lowest BCUT2D eigenvalue weighted by atomic mass is 10.6. The molecule has 0 aromatic heterocycles. The molecule has 0 rings (SSSR count). The van der Waals surface area contributed by atoms with E-state index in [1.807, 2.05) is 13.8 Å². The number of hydrogen-bond acceptors (Lipinski definition) is 0. The first-order valence-corrected chi connectivity index (χ1v) is 2.30. The highest BCUT2D eigenvalue weighted by molar-refractivity contribution is 5.14. The number of rotatable bonds is 2. The second-order valence-corrected chi connectivity index (χ2v) is 1.22. The zero-order valence-electron chi connectivity index (χ0n) is 4.44. The average molecular weight is 85.1 g/mol. The molecule has 0 aromatic carbocycles. The van der Waals surface area contributed by atoms with Crippen molar-refractivity contribution in [3.8, 4) is 0 Å². The molecular formula is C5H11N. The van der Waals surface area contributed by atoms with E-state index in [-0.39, 0.29) is 0 Å². The lowest BCUT2D eigenvalue weighted by molar-refractivity contribution is -0.511. The van der Waals surface area contributed by atoms with Crippen molar-refractivity contribution in [3.05, 3.63) is 0 Å².